The van der Waals surface area contributed by atoms with Crippen LogP contribution < -0.4 is 4.74 Å². The summed E-state index contributed by atoms with van der Waals surface area (Å²) in [5, 5.41) is 7.38. The normalized spacial score (nSPS) is 24.8. The van der Waals surface area contributed by atoms with E-state index in [9.17, 15) is 0 Å². The molecule has 0 unspecified atom stereocenters. The van der Waals surface area contributed by atoms with E-state index in [1.54, 1.807) is 0 Å². The van der Waals surface area contributed by atoms with Gasteiger partial charge in [-0.2, -0.15) is 5.10 Å². The summed E-state index contributed by atoms with van der Waals surface area (Å²) in [6, 6.07) is 15.4. The summed E-state index contributed by atoms with van der Waals surface area (Å²) in [6.45, 7) is 2.13. The summed E-state index contributed by atoms with van der Waals surface area (Å²) in [6.07, 6.45) is 7.47. The molecule has 0 amide bonds. The predicted molar refractivity (Wildman–Crippen MR) is 112 cm³/mol. The summed E-state index contributed by atoms with van der Waals surface area (Å²) >= 11 is 3.64. The lowest BCUT2D eigenvalue weighted by molar-refractivity contribution is -0.0644. The summed E-state index contributed by atoms with van der Waals surface area (Å²) in [4.78, 5) is 0. The van der Waals surface area contributed by atoms with Gasteiger partial charge >= 0.3 is 0 Å². The monoisotopic (exact) mass is 424 g/mol. The van der Waals surface area contributed by atoms with Crippen LogP contribution in [0.25, 0.3) is 0 Å². The van der Waals surface area contributed by atoms with Gasteiger partial charge in [0.25, 0.3) is 0 Å². The fraction of sp³-hybridized carbons (Fsp3) is 0.435. The van der Waals surface area contributed by atoms with Crippen LogP contribution in [0.2, 0.25) is 0 Å². The molecule has 0 bridgehead atoms. The number of nitrogens with zero attached hydrogens (tertiary/aromatic N) is 2. The quantitative estimate of drug-likeness (QED) is 0.572. The lowest BCUT2D eigenvalue weighted by atomic mass is 9.86. The van der Waals surface area contributed by atoms with Gasteiger partial charge in [0.2, 0.25) is 0 Å². The van der Waals surface area contributed by atoms with Crippen molar-refractivity contribution in [1.82, 2.24) is 5.01 Å². The zero-order valence-electron chi connectivity index (χ0n) is 15.7. The Balaban J connectivity index is 1.53. The minimum atomic E-state index is 0.0620. The van der Waals surface area contributed by atoms with Crippen LogP contribution in [0.15, 0.2) is 52.0 Å². The van der Waals surface area contributed by atoms with Crippen LogP contribution in [-0.4, -0.2) is 16.9 Å². The summed E-state index contributed by atoms with van der Waals surface area (Å²) in [7, 11) is 0. The zero-order chi connectivity index (χ0) is 18.4. The van der Waals surface area contributed by atoms with Crippen LogP contribution in [0, 0.1) is 12.8 Å². The molecular formula is C23H25BrN2O. The molecule has 27 heavy (non-hydrogen) atoms. The second-order valence-corrected chi connectivity index (χ2v) is 9.02. The fourth-order valence-corrected chi connectivity index (χ4v) is 5.12. The molecule has 2 aromatic carbocycles. The minimum Gasteiger partial charge on any atom is -0.468 e. The Morgan fingerprint density at radius 2 is 1.81 bits per heavy atom. The first-order valence-corrected chi connectivity index (χ1v) is 10.9. The molecule has 2 heterocycles. The van der Waals surface area contributed by atoms with E-state index in [-0.39, 0.29) is 12.3 Å². The molecule has 0 saturated heterocycles. The molecule has 3 nitrogen and oxygen atoms in total. The van der Waals surface area contributed by atoms with E-state index in [2.05, 4.69) is 70.3 Å². The number of ether oxygens (including phenoxy) is 1. The van der Waals surface area contributed by atoms with Crippen molar-refractivity contribution in [3.8, 4) is 5.75 Å². The van der Waals surface area contributed by atoms with Crippen LogP contribution in [0.4, 0.5) is 0 Å². The van der Waals surface area contributed by atoms with Crippen molar-refractivity contribution < 1.29 is 4.74 Å². The number of hydrogen-bond acceptors (Lipinski definition) is 3. The molecule has 5 rings (SSSR count). The van der Waals surface area contributed by atoms with Crippen LogP contribution in [0.1, 0.15) is 61.3 Å². The maximum Gasteiger partial charge on any atom is 0.190 e. The largest absolute Gasteiger partial charge is 0.468 e. The van der Waals surface area contributed by atoms with Crippen LogP contribution in [0.5, 0.6) is 5.75 Å². The first-order chi connectivity index (χ1) is 13.2. The fourth-order valence-electron chi connectivity index (χ4n) is 4.74. The SMILES string of the molecule is Cc1ccc(C2=NN3[C@@H](C2)c2cc(Br)ccc2O[C@H]3C2CCCCC2)cc1. The molecule has 2 aliphatic heterocycles. The Morgan fingerprint density at radius 1 is 1.04 bits per heavy atom. The summed E-state index contributed by atoms with van der Waals surface area (Å²) in [5.41, 5.74) is 4.95. The van der Waals surface area contributed by atoms with Gasteiger partial charge in [0.05, 0.1) is 11.8 Å². The maximum absolute atomic E-state index is 6.54. The van der Waals surface area contributed by atoms with Crippen molar-refractivity contribution >= 4 is 21.6 Å². The van der Waals surface area contributed by atoms with Crippen molar-refractivity contribution in [2.24, 2.45) is 11.0 Å². The molecule has 2 aromatic rings. The lowest BCUT2D eigenvalue weighted by Gasteiger charge is -2.42. The third-order valence-electron chi connectivity index (χ3n) is 6.22. The molecular weight excluding hydrogens is 400 g/mol. The van der Waals surface area contributed by atoms with Crippen LogP contribution in [-0.2, 0) is 0 Å². The molecule has 0 aromatic heterocycles. The van der Waals surface area contributed by atoms with Crippen molar-refractivity contribution in [2.45, 2.75) is 57.7 Å². The highest BCUT2D eigenvalue weighted by atomic mass is 79.9. The lowest BCUT2D eigenvalue weighted by Crippen LogP contribution is -2.45. The van der Waals surface area contributed by atoms with Gasteiger partial charge in [-0.3, -0.25) is 0 Å². The smallest absolute Gasteiger partial charge is 0.190 e. The summed E-state index contributed by atoms with van der Waals surface area (Å²) < 4.78 is 7.64. The van der Waals surface area contributed by atoms with E-state index >= 15 is 0 Å². The number of fused-ring (bicyclic) bond motifs is 3. The van der Waals surface area contributed by atoms with Gasteiger partial charge < -0.3 is 4.74 Å². The minimum absolute atomic E-state index is 0.0620. The van der Waals surface area contributed by atoms with E-state index in [0.717, 1.165) is 16.6 Å². The second-order valence-electron chi connectivity index (χ2n) is 8.10. The molecule has 3 aliphatic rings. The van der Waals surface area contributed by atoms with Crippen molar-refractivity contribution in [3.05, 3.63) is 63.6 Å². The number of halogens is 1. The molecule has 1 saturated carbocycles. The number of hydrazone groups is 1. The number of benzene rings is 2. The van der Waals surface area contributed by atoms with E-state index in [0.29, 0.717) is 5.92 Å². The van der Waals surface area contributed by atoms with Gasteiger partial charge in [-0.1, -0.05) is 65.0 Å². The maximum atomic E-state index is 6.54. The topological polar surface area (TPSA) is 24.8 Å². The zero-order valence-corrected chi connectivity index (χ0v) is 17.3. The van der Waals surface area contributed by atoms with Crippen molar-refractivity contribution in [3.63, 3.8) is 0 Å². The molecule has 1 fully saturated rings. The Kier molecular flexibility index (Phi) is 4.47. The average Bonchev–Trinajstić information content (AvgIpc) is 3.14. The van der Waals surface area contributed by atoms with Gasteiger partial charge in [-0.15, -0.1) is 0 Å². The first kappa shape index (κ1) is 17.3. The third-order valence-corrected chi connectivity index (χ3v) is 6.71. The Hall–Kier alpha value is -1.81. The molecule has 1 aliphatic carbocycles. The van der Waals surface area contributed by atoms with Gasteiger partial charge in [-0.05, 0) is 43.5 Å². The Labute approximate surface area is 169 Å². The van der Waals surface area contributed by atoms with Crippen molar-refractivity contribution in [1.29, 1.82) is 0 Å². The van der Waals surface area contributed by atoms with Crippen LogP contribution in [0.3, 0.4) is 0 Å². The molecule has 140 valence electrons. The van der Waals surface area contributed by atoms with Gasteiger partial charge in [0.1, 0.15) is 5.75 Å². The van der Waals surface area contributed by atoms with Gasteiger partial charge in [0, 0.05) is 22.4 Å². The van der Waals surface area contributed by atoms with E-state index in [1.165, 1.54) is 54.5 Å². The standard InChI is InChI=1S/C23H25BrN2O/c1-15-7-9-16(10-8-15)20-14-21-19-13-18(24)11-12-22(19)27-23(26(21)25-20)17-5-3-2-4-6-17/h7-13,17,21,23H,2-6,14H2,1H3/t21-,23-/m0/s1. The molecule has 0 spiro atoms. The number of rotatable bonds is 2. The second kappa shape index (κ2) is 6.97. The summed E-state index contributed by atoms with van der Waals surface area (Å²) in [5.74, 6) is 1.61. The van der Waals surface area contributed by atoms with E-state index < -0.39 is 0 Å². The molecule has 0 radical (unpaired) electrons. The van der Waals surface area contributed by atoms with E-state index in [4.69, 9.17) is 9.84 Å². The number of aryl methyl sites for hydroxylation is 1. The highest BCUT2D eigenvalue weighted by Crippen LogP contribution is 2.47. The van der Waals surface area contributed by atoms with Gasteiger partial charge in [0.15, 0.2) is 6.23 Å². The Morgan fingerprint density at radius 3 is 2.59 bits per heavy atom. The molecule has 0 N–H and O–H groups in total. The number of hydrogen-bond donors (Lipinski definition) is 0. The highest BCUT2D eigenvalue weighted by molar-refractivity contribution is 9.10. The highest BCUT2D eigenvalue weighted by Gasteiger charge is 2.43. The predicted octanol–water partition coefficient (Wildman–Crippen LogP) is 6.21. The van der Waals surface area contributed by atoms with Gasteiger partial charge in [-0.25, -0.2) is 5.01 Å². The third kappa shape index (κ3) is 3.18. The van der Waals surface area contributed by atoms with Crippen molar-refractivity contribution in [2.75, 3.05) is 0 Å². The molecule has 4 heteroatoms. The van der Waals surface area contributed by atoms with Crippen LogP contribution >= 0.6 is 15.9 Å². The van der Waals surface area contributed by atoms with E-state index in [1.807, 2.05) is 0 Å². The Bertz CT molecular complexity index is 870. The molecule has 2 atom stereocenters. The average molecular weight is 425 g/mol. The first-order valence-electron chi connectivity index (χ1n) is 10.1.